The van der Waals surface area contributed by atoms with Crippen molar-refractivity contribution in [3.8, 4) is 0 Å². The van der Waals surface area contributed by atoms with Crippen molar-refractivity contribution < 1.29 is 9.53 Å². The Morgan fingerprint density at radius 2 is 2.12 bits per heavy atom. The van der Waals surface area contributed by atoms with Crippen molar-refractivity contribution in [1.29, 1.82) is 0 Å². The zero-order chi connectivity index (χ0) is 11.2. The fraction of sp³-hybridized carbons (Fsp3) is 0.462. The first kappa shape index (κ1) is 11.1. The summed E-state index contributed by atoms with van der Waals surface area (Å²) in [5, 5.41) is 2.83. The normalized spacial score (nSPS) is 19.8. The van der Waals surface area contributed by atoms with Crippen LogP contribution in [-0.2, 0) is 16.1 Å². The van der Waals surface area contributed by atoms with Crippen LogP contribution in [0, 0.1) is 5.92 Å². The van der Waals surface area contributed by atoms with Crippen LogP contribution in [0.4, 0.5) is 0 Å². The molecule has 1 aliphatic rings. The van der Waals surface area contributed by atoms with Crippen LogP contribution < -0.4 is 5.32 Å². The summed E-state index contributed by atoms with van der Waals surface area (Å²) in [6.07, 6.45) is 1.78. The summed E-state index contributed by atoms with van der Waals surface area (Å²) in [7, 11) is 0. The number of carbonyl (C=O) groups is 1. The summed E-state index contributed by atoms with van der Waals surface area (Å²) in [5.41, 5.74) is 1.18. The van der Waals surface area contributed by atoms with Gasteiger partial charge in [-0.1, -0.05) is 30.3 Å². The van der Waals surface area contributed by atoms with E-state index in [4.69, 9.17) is 4.74 Å². The largest absolute Gasteiger partial charge is 0.377 e. The molecular weight excluding hydrogens is 202 g/mol. The number of rotatable bonds is 5. The van der Waals surface area contributed by atoms with Gasteiger partial charge in [-0.3, -0.25) is 4.79 Å². The lowest BCUT2D eigenvalue weighted by Gasteiger charge is -2.07. The average molecular weight is 219 g/mol. The van der Waals surface area contributed by atoms with Crippen LogP contribution in [0.5, 0.6) is 0 Å². The molecule has 1 aliphatic heterocycles. The summed E-state index contributed by atoms with van der Waals surface area (Å²) in [6, 6.07) is 10.1. The van der Waals surface area contributed by atoms with Crippen molar-refractivity contribution in [1.82, 2.24) is 5.32 Å². The topological polar surface area (TPSA) is 38.3 Å². The van der Waals surface area contributed by atoms with Gasteiger partial charge in [-0.2, -0.15) is 0 Å². The predicted octanol–water partition coefficient (Wildman–Crippen LogP) is 1.73. The third-order valence-electron chi connectivity index (χ3n) is 2.89. The van der Waals surface area contributed by atoms with Crippen molar-refractivity contribution >= 4 is 5.91 Å². The van der Waals surface area contributed by atoms with Crippen LogP contribution in [0.3, 0.4) is 0 Å². The fourth-order valence-corrected chi connectivity index (χ4v) is 1.91. The second kappa shape index (κ2) is 5.66. The van der Waals surface area contributed by atoms with Gasteiger partial charge < -0.3 is 10.1 Å². The van der Waals surface area contributed by atoms with E-state index in [-0.39, 0.29) is 11.8 Å². The fourth-order valence-electron chi connectivity index (χ4n) is 1.91. The van der Waals surface area contributed by atoms with Gasteiger partial charge in [-0.25, -0.2) is 0 Å². The number of hydrogen-bond donors (Lipinski definition) is 1. The molecule has 3 nitrogen and oxygen atoms in total. The smallest absolute Gasteiger partial charge is 0.223 e. The van der Waals surface area contributed by atoms with E-state index in [2.05, 4.69) is 5.32 Å². The highest BCUT2D eigenvalue weighted by molar-refractivity contribution is 5.80. The molecule has 1 heterocycles. The van der Waals surface area contributed by atoms with Crippen molar-refractivity contribution in [2.45, 2.75) is 19.4 Å². The first-order valence-corrected chi connectivity index (χ1v) is 5.75. The second-order valence-corrected chi connectivity index (χ2v) is 4.10. The molecule has 0 spiro atoms. The third-order valence-corrected chi connectivity index (χ3v) is 2.89. The molecule has 1 saturated heterocycles. The highest BCUT2D eigenvalue weighted by atomic mass is 16.5. The van der Waals surface area contributed by atoms with E-state index in [1.807, 2.05) is 30.3 Å². The molecule has 0 saturated carbocycles. The zero-order valence-corrected chi connectivity index (χ0v) is 9.32. The molecule has 16 heavy (non-hydrogen) atoms. The Labute approximate surface area is 95.8 Å². The van der Waals surface area contributed by atoms with Crippen LogP contribution >= 0.6 is 0 Å². The van der Waals surface area contributed by atoms with Crippen LogP contribution in [0.1, 0.15) is 18.4 Å². The minimum Gasteiger partial charge on any atom is -0.377 e. The Morgan fingerprint density at radius 3 is 2.81 bits per heavy atom. The maximum atomic E-state index is 11.3. The molecule has 1 aromatic carbocycles. The van der Waals surface area contributed by atoms with Crippen LogP contribution in [0.15, 0.2) is 30.3 Å². The predicted molar refractivity (Wildman–Crippen MR) is 61.8 cm³/mol. The molecule has 3 heteroatoms. The summed E-state index contributed by atoms with van der Waals surface area (Å²) in [6.45, 7) is 2.12. The van der Waals surface area contributed by atoms with E-state index in [1.165, 1.54) is 5.56 Å². The zero-order valence-electron chi connectivity index (χ0n) is 9.32. The molecule has 0 aliphatic carbocycles. The lowest BCUT2D eigenvalue weighted by Crippen LogP contribution is -2.20. The highest BCUT2D eigenvalue weighted by Gasteiger charge is 2.23. The molecule has 1 N–H and O–H groups in total. The molecule has 0 radical (unpaired) electrons. The van der Waals surface area contributed by atoms with Gasteiger partial charge in [0.15, 0.2) is 0 Å². The number of ether oxygens (including phenoxy) is 1. The minimum atomic E-state index is 0.163. The average Bonchev–Trinajstić information content (AvgIpc) is 2.72. The standard InChI is InChI=1S/C13H17NO2/c15-13-12(6-8-14-13)7-9-16-10-11-4-2-1-3-5-11/h1-5,12H,6-10H2,(H,14,15). The first-order chi connectivity index (χ1) is 7.86. The molecule has 1 atom stereocenters. The number of hydrogen-bond acceptors (Lipinski definition) is 2. The molecule has 1 aromatic rings. The number of amides is 1. The maximum Gasteiger partial charge on any atom is 0.223 e. The van der Waals surface area contributed by atoms with Gasteiger partial charge in [0, 0.05) is 19.1 Å². The Kier molecular flexibility index (Phi) is 3.94. The lowest BCUT2D eigenvalue weighted by molar-refractivity contribution is -0.123. The SMILES string of the molecule is O=C1NCCC1CCOCc1ccccc1. The van der Waals surface area contributed by atoms with Gasteiger partial charge in [0.2, 0.25) is 5.91 Å². The van der Waals surface area contributed by atoms with Crippen molar-refractivity contribution in [2.75, 3.05) is 13.2 Å². The Bertz CT molecular complexity index is 337. The lowest BCUT2D eigenvalue weighted by atomic mass is 10.1. The maximum absolute atomic E-state index is 11.3. The van der Waals surface area contributed by atoms with E-state index >= 15 is 0 Å². The van der Waals surface area contributed by atoms with E-state index in [9.17, 15) is 4.79 Å². The van der Waals surface area contributed by atoms with Gasteiger partial charge in [-0.15, -0.1) is 0 Å². The van der Waals surface area contributed by atoms with E-state index in [0.29, 0.717) is 13.2 Å². The molecule has 1 unspecified atom stereocenters. The van der Waals surface area contributed by atoms with Gasteiger partial charge in [0.1, 0.15) is 0 Å². The summed E-state index contributed by atoms with van der Waals surface area (Å²) < 4.78 is 5.55. The third kappa shape index (κ3) is 3.07. The molecule has 2 rings (SSSR count). The van der Waals surface area contributed by atoms with Crippen molar-refractivity contribution in [2.24, 2.45) is 5.92 Å². The van der Waals surface area contributed by atoms with Gasteiger partial charge in [0.05, 0.1) is 6.61 Å². The second-order valence-electron chi connectivity index (χ2n) is 4.10. The van der Waals surface area contributed by atoms with E-state index < -0.39 is 0 Å². The Morgan fingerprint density at radius 1 is 1.31 bits per heavy atom. The number of nitrogens with one attached hydrogen (secondary N) is 1. The van der Waals surface area contributed by atoms with Crippen LogP contribution in [0.2, 0.25) is 0 Å². The molecule has 1 fully saturated rings. The molecule has 0 aromatic heterocycles. The summed E-state index contributed by atoms with van der Waals surface area (Å²) >= 11 is 0. The molecular formula is C13H17NO2. The molecule has 1 amide bonds. The molecule has 0 bridgehead atoms. The summed E-state index contributed by atoms with van der Waals surface area (Å²) in [4.78, 5) is 11.3. The summed E-state index contributed by atoms with van der Waals surface area (Å²) in [5.74, 6) is 0.346. The monoisotopic (exact) mass is 219 g/mol. The Hall–Kier alpha value is -1.35. The van der Waals surface area contributed by atoms with E-state index in [0.717, 1.165) is 19.4 Å². The van der Waals surface area contributed by atoms with Crippen molar-refractivity contribution in [3.63, 3.8) is 0 Å². The van der Waals surface area contributed by atoms with Gasteiger partial charge >= 0.3 is 0 Å². The minimum absolute atomic E-state index is 0.163. The van der Waals surface area contributed by atoms with Gasteiger partial charge in [0.25, 0.3) is 0 Å². The van der Waals surface area contributed by atoms with Gasteiger partial charge in [-0.05, 0) is 18.4 Å². The van der Waals surface area contributed by atoms with Crippen LogP contribution in [-0.4, -0.2) is 19.1 Å². The Balaban J connectivity index is 1.64. The first-order valence-electron chi connectivity index (χ1n) is 5.75. The molecule has 86 valence electrons. The van der Waals surface area contributed by atoms with Crippen molar-refractivity contribution in [3.05, 3.63) is 35.9 Å². The van der Waals surface area contributed by atoms with E-state index in [1.54, 1.807) is 0 Å². The number of carbonyl (C=O) groups excluding carboxylic acids is 1. The highest BCUT2D eigenvalue weighted by Crippen LogP contribution is 2.14. The quantitative estimate of drug-likeness (QED) is 0.766. The number of benzene rings is 1. The van der Waals surface area contributed by atoms with Crippen LogP contribution in [0.25, 0.3) is 0 Å².